The first kappa shape index (κ1) is 26.0. The van der Waals surface area contributed by atoms with Crippen molar-refractivity contribution in [3.8, 4) is 0 Å². The SMILES string of the molecule is CCCCCCc1ccc(Nc2nc(Nc3ccc(C4CCCCC4)cc3)ncc2C(F)(F)F)cc1. The van der Waals surface area contributed by atoms with Gasteiger partial charge in [-0.15, -0.1) is 0 Å². The summed E-state index contributed by atoms with van der Waals surface area (Å²) >= 11 is 0. The number of alkyl halides is 3. The van der Waals surface area contributed by atoms with Crippen LogP contribution in [0.25, 0.3) is 0 Å². The van der Waals surface area contributed by atoms with Crippen molar-refractivity contribution >= 4 is 23.1 Å². The highest BCUT2D eigenvalue weighted by atomic mass is 19.4. The highest BCUT2D eigenvalue weighted by Crippen LogP contribution is 2.36. The number of rotatable bonds is 10. The molecule has 7 heteroatoms. The van der Waals surface area contributed by atoms with Crippen LogP contribution in [0.1, 0.15) is 87.3 Å². The Morgan fingerprint density at radius 1 is 0.833 bits per heavy atom. The molecule has 1 aromatic heterocycles. The van der Waals surface area contributed by atoms with Crippen LogP contribution in [0.5, 0.6) is 0 Å². The zero-order chi connectivity index (χ0) is 25.4. The number of aromatic nitrogens is 2. The molecule has 0 saturated heterocycles. The standard InChI is InChI=1S/C29H35F3N4/c1-2-3-4-6-9-21-12-16-24(17-13-21)34-27-26(29(30,31)32)20-33-28(36-27)35-25-18-14-23(15-19-25)22-10-7-5-8-11-22/h12-20,22H,2-11H2,1H3,(H2,33,34,35,36). The lowest BCUT2D eigenvalue weighted by Crippen LogP contribution is -2.12. The van der Waals surface area contributed by atoms with Gasteiger partial charge in [0.1, 0.15) is 11.4 Å². The molecule has 0 radical (unpaired) electrons. The minimum Gasteiger partial charge on any atom is -0.340 e. The van der Waals surface area contributed by atoms with Gasteiger partial charge in [-0.2, -0.15) is 18.2 Å². The van der Waals surface area contributed by atoms with Crippen LogP contribution in [0, 0.1) is 0 Å². The van der Waals surface area contributed by atoms with Crippen LogP contribution in [0.4, 0.5) is 36.3 Å². The molecule has 0 amide bonds. The van der Waals surface area contributed by atoms with E-state index in [1.807, 2.05) is 24.3 Å². The van der Waals surface area contributed by atoms with Gasteiger partial charge < -0.3 is 10.6 Å². The minimum atomic E-state index is -4.57. The summed E-state index contributed by atoms with van der Waals surface area (Å²) < 4.78 is 41.0. The fraction of sp³-hybridized carbons (Fsp3) is 0.448. The molecule has 0 bridgehead atoms. The molecule has 1 saturated carbocycles. The van der Waals surface area contributed by atoms with E-state index >= 15 is 0 Å². The van der Waals surface area contributed by atoms with Crippen molar-refractivity contribution in [3.63, 3.8) is 0 Å². The van der Waals surface area contributed by atoms with Crippen LogP contribution >= 0.6 is 0 Å². The molecule has 0 atom stereocenters. The molecular weight excluding hydrogens is 461 g/mol. The van der Waals surface area contributed by atoms with Crippen LogP contribution in [0.15, 0.2) is 54.7 Å². The molecular formula is C29H35F3N4. The summed E-state index contributed by atoms with van der Waals surface area (Å²) in [4.78, 5) is 8.12. The lowest BCUT2D eigenvalue weighted by atomic mass is 9.84. The fourth-order valence-corrected chi connectivity index (χ4v) is 4.80. The normalized spacial score (nSPS) is 14.6. The van der Waals surface area contributed by atoms with E-state index in [0.717, 1.165) is 24.7 Å². The summed E-state index contributed by atoms with van der Waals surface area (Å²) in [6.45, 7) is 2.18. The predicted molar refractivity (Wildman–Crippen MR) is 140 cm³/mol. The second-order valence-corrected chi connectivity index (χ2v) is 9.67. The minimum absolute atomic E-state index is 0.114. The third-order valence-corrected chi connectivity index (χ3v) is 6.87. The van der Waals surface area contributed by atoms with Gasteiger partial charge in [-0.3, -0.25) is 0 Å². The van der Waals surface area contributed by atoms with Gasteiger partial charge in [-0.25, -0.2) is 4.98 Å². The van der Waals surface area contributed by atoms with Crippen molar-refractivity contribution in [3.05, 3.63) is 71.4 Å². The molecule has 0 aliphatic heterocycles. The van der Waals surface area contributed by atoms with Crippen molar-refractivity contribution in [1.82, 2.24) is 9.97 Å². The highest BCUT2D eigenvalue weighted by Gasteiger charge is 2.35. The quantitative estimate of drug-likeness (QED) is 0.275. The predicted octanol–water partition coefficient (Wildman–Crippen LogP) is 9.15. The van der Waals surface area contributed by atoms with E-state index in [2.05, 4.69) is 39.7 Å². The summed E-state index contributed by atoms with van der Waals surface area (Å²) in [5.41, 5.74) is 2.88. The van der Waals surface area contributed by atoms with Gasteiger partial charge >= 0.3 is 6.18 Å². The Labute approximate surface area is 211 Å². The number of nitrogens with zero attached hydrogens (tertiary/aromatic N) is 2. The third-order valence-electron chi connectivity index (χ3n) is 6.87. The van der Waals surface area contributed by atoms with Crippen LogP contribution < -0.4 is 10.6 Å². The van der Waals surface area contributed by atoms with E-state index in [-0.39, 0.29) is 11.8 Å². The fourth-order valence-electron chi connectivity index (χ4n) is 4.80. The molecule has 2 aromatic carbocycles. The number of anilines is 4. The van der Waals surface area contributed by atoms with Crippen molar-refractivity contribution in [1.29, 1.82) is 0 Å². The van der Waals surface area contributed by atoms with E-state index < -0.39 is 11.7 Å². The Hall–Kier alpha value is -3.09. The Balaban J connectivity index is 1.46. The molecule has 1 heterocycles. The number of benzene rings is 2. The van der Waals surface area contributed by atoms with Crippen molar-refractivity contribution < 1.29 is 13.2 Å². The van der Waals surface area contributed by atoms with E-state index in [4.69, 9.17) is 0 Å². The Morgan fingerprint density at radius 2 is 1.50 bits per heavy atom. The molecule has 36 heavy (non-hydrogen) atoms. The maximum absolute atomic E-state index is 13.7. The second-order valence-electron chi connectivity index (χ2n) is 9.67. The maximum atomic E-state index is 13.7. The molecule has 3 aromatic rings. The van der Waals surface area contributed by atoms with Gasteiger partial charge in [0.05, 0.1) is 0 Å². The smallest absolute Gasteiger partial charge is 0.340 e. The first-order valence-corrected chi connectivity index (χ1v) is 13.1. The summed E-state index contributed by atoms with van der Waals surface area (Å²) in [5.74, 6) is 0.437. The van der Waals surface area contributed by atoms with Gasteiger partial charge in [-0.05, 0) is 67.0 Å². The number of nitrogens with one attached hydrogen (secondary N) is 2. The number of aryl methyl sites for hydroxylation is 1. The summed E-state index contributed by atoms with van der Waals surface area (Å²) in [6, 6.07) is 15.6. The van der Waals surface area contributed by atoms with E-state index in [1.165, 1.54) is 62.5 Å². The largest absolute Gasteiger partial charge is 0.421 e. The molecule has 1 fully saturated rings. The number of unbranched alkanes of at least 4 members (excludes halogenated alkanes) is 3. The van der Waals surface area contributed by atoms with Crippen LogP contribution in [0.3, 0.4) is 0 Å². The second kappa shape index (κ2) is 12.2. The van der Waals surface area contributed by atoms with Gasteiger partial charge in [0.15, 0.2) is 0 Å². The van der Waals surface area contributed by atoms with E-state index in [9.17, 15) is 13.2 Å². The number of halogens is 3. The van der Waals surface area contributed by atoms with Crippen molar-refractivity contribution in [2.45, 2.75) is 83.2 Å². The molecule has 4 nitrogen and oxygen atoms in total. The molecule has 0 spiro atoms. The van der Waals surface area contributed by atoms with Crippen molar-refractivity contribution in [2.75, 3.05) is 10.6 Å². The van der Waals surface area contributed by atoms with E-state index in [0.29, 0.717) is 11.6 Å². The van der Waals surface area contributed by atoms with Gasteiger partial charge in [0.25, 0.3) is 0 Å². The molecule has 192 valence electrons. The maximum Gasteiger partial charge on any atom is 0.421 e. The Morgan fingerprint density at radius 3 is 2.17 bits per heavy atom. The summed E-state index contributed by atoms with van der Waals surface area (Å²) in [7, 11) is 0. The zero-order valence-corrected chi connectivity index (χ0v) is 20.9. The zero-order valence-electron chi connectivity index (χ0n) is 20.9. The van der Waals surface area contributed by atoms with Crippen LogP contribution in [-0.2, 0) is 12.6 Å². The van der Waals surface area contributed by atoms with Gasteiger partial charge in [0, 0.05) is 17.6 Å². The highest BCUT2D eigenvalue weighted by molar-refractivity contribution is 5.63. The van der Waals surface area contributed by atoms with Crippen LogP contribution in [0.2, 0.25) is 0 Å². The van der Waals surface area contributed by atoms with Gasteiger partial charge in [-0.1, -0.05) is 69.7 Å². The first-order valence-electron chi connectivity index (χ1n) is 13.1. The average molecular weight is 497 g/mol. The summed E-state index contributed by atoms with van der Waals surface area (Å²) in [6.07, 6.45) is 8.19. The molecule has 0 unspecified atom stereocenters. The number of hydrogen-bond donors (Lipinski definition) is 2. The lowest BCUT2D eigenvalue weighted by molar-refractivity contribution is -0.137. The Kier molecular flexibility index (Phi) is 8.83. The number of hydrogen-bond acceptors (Lipinski definition) is 4. The first-order chi connectivity index (χ1) is 17.4. The van der Waals surface area contributed by atoms with Crippen LogP contribution in [-0.4, -0.2) is 9.97 Å². The molecule has 4 rings (SSSR count). The topological polar surface area (TPSA) is 49.8 Å². The third kappa shape index (κ3) is 7.21. The lowest BCUT2D eigenvalue weighted by Gasteiger charge is -2.22. The Bertz CT molecular complexity index is 1090. The molecule has 1 aliphatic carbocycles. The summed E-state index contributed by atoms with van der Waals surface area (Å²) in [5, 5.41) is 5.90. The van der Waals surface area contributed by atoms with Gasteiger partial charge in [0.2, 0.25) is 5.95 Å². The monoisotopic (exact) mass is 496 g/mol. The van der Waals surface area contributed by atoms with E-state index in [1.54, 1.807) is 12.1 Å². The van der Waals surface area contributed by atoms with Crippen molar-refractivity contribution in [2.24, 2.45) is 0 Å². The molecule has 1 aliphatic rings. The average Bonchev–Trinajstić information content (AvgIpc) is 2.88. The molecule has 2 N–H and O–H groups in total.